The molecule has 0 radical (unpaired) electrons. The molecular formula is C10H14N2O3. The second kappa shape index (κ2) is 4.69. The van der Waals surface area contributed by atoms with Crippen LogP contribution < -0.4 is 5.32 Å². The second-order valence-corrected chi connectivity index (χ2v) is 3.61. The number of likely N-dealkylation sites (tertiary alicyclic amines) is 1. The van der Waals surface area contributed by atoms with Gasteiger partial charge in [-0.15, -0.1) is 6.42 Å². The Hall–Kier alpha value is -1.70. The molecule has 2 N–H and O–H groups in total. The van der Waals surface area contributed by atoms with Crippen molar-refractivity contribution in [1.29, 1.82) is 0 Å². The average Bonchev–Trinajstić information content (AvgIpc) is 2.66. The number of amides is 2. The number of carboxylic acids is 1. The van der Waals surface area contributed by atoms with Crippen LogP contribution in [-0.2, 0) is 4.79 Å². The van der Waals surface area contributed by atoms with Gasteiger partial charge in [-0.1, -0.05) is 5.92 Å². The minimum atomic E-state index is -0.852. The predicted molar refractivity (Wildman–Crippen MR) is 54.1 cm³/mol. The van der Waals surface area contributed by atoms with E-state index in [9.17, 15) is 9.59 Å². The summed E-state index contributed by atoms with van der Waals surface area (Å²) in [6, 6.07) is -0.620. The van der Waals surface area contributed by atoms with Crippen molar-refractivity contribution < 1.29 is 14.7 Å². The fraction of sp³-hybridized carbons (Fsp3) is 0.600. The molecule has 2 amide bonds. The van der Waals surface area contributed by atoms with Gasteiger partial charge in [-0.3, -0.25) is 4.79 Å². The van der Waals surface area contributed by atoms with Crippen LogP contribution in [0.4, 0.5) is 4.79 Å². The van der Waals surface area contributed by atoms with Crippen LogP contribution in [-0.4, -0.2) is 41.1 Å². The van der Waals surface area contributed by atoms with E-state index in [4.69, 9.17) is 11.5 Å². The van der Waals surface area contributed by atoms with E-state index >= 15 is 0 Å². The van der Waals surface area contributed by atoms with Crippen molar-refractivity contribution >= 4 is 12.0 Å². The molecule has 2 atom stereocenters. The summed E-state index contributed by atoms with van der Waals surface area (Å²) in [5.74, 6) is 1.08. The minimum absolute atomic E-state index is 0.262. The van der Waals surface area contributed by atoms with E-state index < -0.39 is 11.9 Å². The molecule has 5 heteroatoms. The Balaban J connectivity index is 2.44. The third-order valence-electron chi connectivity index (χ3n) is 2.41. The standard InChI is InChI=1S/C10H14N2O3/c1-3-7(2)11-10(15)12-5-4-8(6-12)9(13)14/h1,7-8H,4-6H2,2H3,(H,11,15)(H,13,14). The first-order chi connectivity index (χ1) is 7.04. The molecule has 1 rings (SSSR count). The maximum Gasteiger partial charge on any atom is 0.318 e. The van der Waals surface area contributed by atoms with Crippen molar-refractivity contribution in [3.05, 3.63) is 0 Å². The lowest BCUT2D eigenvalue weighted by Gasteiger charge is -2.18. The van der Waals surface area contributed by atoms with Crippen molar-refractivity contribution in [2.24, 2.45) is 5.92 Å². The van der Waals surface area contributed by atoms with E-state index in [1.54, 1.807) is 6.92 Å². The van der Waals surface area contributed by atoms with E-state index in [1.165, 1.54) is 4.90 Å². The molecule has 0 aromatic heterocycles. The number of aliphatic carboxylic acids is 1. The number of rotatable bonds is 2. The maximum absolute atomic E-state index is 11.5. The Morgan fingerprint density at radius 1 is 1.67 bits per heavy atom. The Labute approximate surface area is 88.4 Å². The molecular weight excluding hydrogens is 196 g/mol. The highest BCUT2D eigenvalue weighted by atomic mass is 16.4. The van der Waals surface area contributed by atoms with E-state index in [2.05, 4.69) is 11.2 Å². The lowest BCUT2D eigenvalue weighted by Crippen LogP contribution is -2.42. The van der Waals surface area contributed by atoms with Gasteiger partial charge in [0.2, 0.25) is 0 Å². The molecule has 0 bridgehead atoms. The van der Waals surface area contributed by atoms with Crippen LogP contribution in [0.15, 0.2) is 0 Å². The maximum atomic E-state index is 11.5. The summed E-state index contributed by atoms with van der Waals surface area (Å²) in [5.41, 5.74) is 0. The van der Waals surface area contributed by atoms with Crippen LogP contribution in [0.1, 0.15) is 13.3 Å². The van der Waals surface area contributed by atoms with E-state index in [-0.39, 0.29) is 18.6 Å². The summed E-state index contributed by atoms with van der Waals surface area (Å²) >= 11 is 0. The summed E-state index contributed by atoms with van der Waals surface area (Å²) < 4.78 is 0. The molecule has 1 fully saturated rings. The second-order valence-electron chi connectivity index (χ2n) is 3.61. The van der Waals surface area contributed by atoms with Gasteiger partial charge in [0.05, 0.1) is 12.0 Å². The van der Waals surface area contributed by atoms with Gasteiger partial charge in [0, 0.05) is 13.1 Å². The smallest absolute Gasteiger partial charge is 0.318 e. The zero-order valence-electron chi connectivity index (χ0n) is 8.56. The predicted octanol–water partition coefficient (Wildman–Crippen LogP) is 0.124. The van der Waals surface area contributed by atoms with Crippen LogP contribution in [0.5, 0.6) is 0 Å². The molecule has 82 valence electrons. The zero-order chi connectivity index (χ0) is 11.4. The molecule has 0 aliphatic carbocycles. The van der Waals surface area contributed by atoms with Crippen molar-refractivity contribution in [3.63, 3.8) is 0 Å². The van der Waals surface area contributed by atoms with Crippen LogP contribution >= 0.6 is 0 Å². The van der Waals surface area contributed by atoms with Crippen molar-refractivity contribution in [2.75, 3.05) is 13.1 Å². The Kier molecular flexibility index (Phi) is 3.56. The highest BCUT2D eigenvalue weighted by molar-refractivity contribution is 5.77. The molecule has 0 spiro atoms. The first-order valence-electron chi connectivity index (χ1n) is 4.79. The van der Waals surface area contributed by atoms with Crippen LogP contribution in [0.2, 0.25) is 0 Å². The van der Waals surface area contributed by atoms with E-state index in [0.29, 0.717) is 13.0 Å². The van der Waals surface area contributed by atoms with E-state index in [1.807, 2.05) is 0 Å². The van der Waals surface area contributed by atoms with Gasteiger partial charge in [0.15, 0.2) is 0 Å². The number of nitrogens with one attached hydrogen (secondary N) is 1. The molecule has 0 aromatic rings. The molecule has 1 aliphatic rings. The highest BCUT2D eigenvalue weighted by Gasteiger charge is 2.30. The van der Waals surface area contributed by atoms with Gasteiger partial charge in [0.1, 0.15) is 0 Å². The van der Waals surface area contributed by atoms with Crippen LogP contribution in [0.3, 0.4) is 0 Å². The number of urea groups is 1. The number of carbonyl (C=O) groups excluding carboxylic acids is 1. The Morgan fingerprint density at radius 3 is 2.80 bits per heavy atom. The first-order valence-corrected chi connectivity index (χ1v) is 4.79. The lowest BCUT2D eigenvalue weighted by atomic mass is 10.1. The van der Waals surface area contributed by atoms with E-state index in [0.717, 1.165) is 0 Å². The molecule has 1 heterocycles. The first kappa shape index (κ1) is 11.4. The normalized spacial score (nSPS) is 21.9. The van der Waals surface area contributed by atoms with Crippen molar-refractivity contribution in [2.45, 2.75) is 19.4 Å². The van der Waals surface area contributed by atoms with Gasteiger partial charge in [-0.2, -0.15) is 0 Å². The van der Waals surface area contributed by atoms with Gasteiger partial charge < -0.3 is 15.3 Å². The van der Waals surface area contributed by atoms with Gasteiger partial charge in [-0.25, -0.2) is 4.79 Å². The Bertz CT molecular complexity index is 308. The topological polar surface area (TPSA) is 69.6 Å². The van der Waals surface area contributed by atoms with Crippen molar-refractivity contribution in [1.82, 2.24) is 10.2 Å². The molecule has 1 saturated heterocycles. The van der Waals surface area contributed by atoms with Gasteiger partial charge in [-0.05, 0) is 13.3 Å². The minimum Gasteiger partial charge on any atom is -0.481 e. The lowest BCUT2D eigenvalue weighted by molar-refractivity contribution is -0.141. The summed E-state index contributed by atoms with van der Waals surface area (Å²) in [6.45, 7) is 2.43. The summed E-state index contributed by atoms with van der Waals surface area (Å²) in [4.78, 5) is 23.6. The highest BCUT2D eigenvalue weighted by Crippen LogP contribution is 2.16. The number of nitrogens with zero attached hydrogens (tertiary/aromatic N) is 1. The third kappa shape index (κ3) is 2.88. The molecule has 5 nitrogen and oxygen atoms in total. The fourth-order valence-corrected chi connectivity index (χ4v) is 1.46. The van der Waals surface area contributed by atoms with Crippen LogP contribution in [0.25, 0.3) is 0 Å². The molecule has 0 aromatic carbocycles. The zero-order valence-corrected chi connectivity index (χ0v) is 8.56. The van der Waals surface area contributed by atoms with Crippen molar-refractivity contribution in [3.8, 4) is 12.3 Å². The number of carboxylic acid groups (broad SMARTS) is 1. The van der Waals surface area contributed by atoms with Gasteiger partial charge in [0.25, 0.3) is 0 Å². The number of terminal acetylenes is 1. The summed E-state index contributed by atoms with van der Waals surface area (Å²) in [7, 11) is 0. The molecule has 1 aliphatic heterocycles. The molecule has 15 heavy (non-hydrogen) atoms. The fourth-order valence-electron chi connectivity index (χ4n) is 1.46. The molecule has 2 unspecified atom stereocenters. The average molecular weight is 210 g/mol. The summed E-state index contributed by atoms with van der Waals surface area (Å²) in [5, 5.41) is 11.3. The SMILES string of the molecule is C#CC(C)NC(=O)N1CCC(C(=O)O)C1. The monoisotopic (exact) mass is 210 g/mol. The third-order valence-corrected chi connectivity index (χ3v) is 2.41. The Morgan fingerprint density at radius 2 is 2.33 bits per heavy atom. The van der Waals surface area contributed by atoms with Crippen LogP contribution in [0, 0.1) is 18.3 Å². The number of hydrogen-bond donors (Lipinski definition) is 2. The summed E-state index contributed by atoms with van der Waals surface area (Å²) in [6.07, 6.45) is 5.62. The number of hydrogen-bond acceptors (Lipinski definition) is 2. The largest absolute Gasteiger partial charge is 0.481 e. The van der Waals surface area contributed by atoms with Gasteiger partial charge >= 0.3 is 12.0 Å². The number of carbonyl (C=O) groups is 2. The quantitative estimate of drug-likeness (QED) is 0.636. The molecule has 0 saturated carbocycles.